The fraction of sp³-hybridized carbons (Fsp3) is 0.450. The maximum atomic E-state index is 11.8. The van der Waals surface area contributed by atoms with Crippen molar-refractivity contribution in [1.29, 1.82) is 0 Å². The van der Waals surface area contributed by atoms with Gasteiger partial charge < -0.3 is 14.8 Å². The minimum Gasteiger partial charge on any atom is -0.495 e. The van der Waals surface area contributed by atoms with Gasteiger partial charge >= 0.3 is 0 Å². The van der Waals surface area contributed by atoms with Crippen LogP contribution in [0.4, 0.5) is 0 Å². The minimum atomic E-state index is -3.33. The average molecular weight is 393 g/mol. The van der Waals surface area contributed by atoms with Crippen molar-refractivity contribution >= 4 is 9.84 Å². The van der Waals surface area contributed by atoms with E-state index in [0.29, 0.717) is 18.2 Å². The summed E-state index contributed by atoms with van der Waals surface area (Å²) in [4.78, 5) is 4.53. The monoisotopic (exact) mass is 392 g/mol. The fourth-order valence-electron chi connectivity index (χ4n) is 2.54. The third-order valence-corrected chi connectivity index (χ3v) is 5.04. The van der Waals surface area contributed by atoms with E-state index in [4.69, 9.17) is 9.47 Å². The summed E-state index contributed by atoms with van der Waals surface area (Å²) in [6, 6.07) is 8.99. The number of benzene rings is 1. The Balaban J connectivity index is 2.04. The molecule has 148 valence electrons. The molecule has 27 heavy (non-hydrogen) atoms. The molecule has 2 rings (SSSR count). The Morgan fingerprint density at radius 1 is 1.19 bits per heavy atom. The summed E-state index contributed by atoms with van der Waals surface area (Å²) < 4.78 is 34.6. The summed E-state index contributed by atoms with van der Waals surface area (Å²) in [5, 5.41) is 3.41. The van der Waals surface area contributed by atoms with Crippen molar-refractivity contribution in [1.82, 2.24) is 10.3 Å². The summed E-state index contributed by atoms with van der Waals surface area (Å²) in [5.74, 6) is 0.953. The number of nitrogens with zero attached hydrogens (tertiary/aromatic N) is 1. The van der Waals surface area contributed by atoms with Crippen LogP contribution in [-0.4, -0.2) is 32.4 Å². The zero-order valence-electron chi connectivity index (χ0n) is 16.7. The molecule has 0 saturated carbocycles. The van der Waals surface area contributed by atoms with Gasteiger partial charge in [-0.2, -0.15) is 0 Å². The van der Waals surface area contributed by atoms with E-state index < -0.39 is 9.84 Å². The molecule has 1 aromatic heterocycles. The standard InChI is InChI=1S/C20H28N2O4S/c1-14(16-8-9-18(27(6,23)24)17(11-16)25-5)21-12-15-7-10-19(22-13-15)26-20(2,3)4/h7-11,13-14,21H,12H2,1-6H3. The normalized spacial score (nSPS) is 13.3. The van der Waals surface area contributed by atoms with Gasteiger partial charge in [0.1, 0.15) is 16.2 Å². The first-order valence-corrected chi connectivity index (χ1v) is 10.6. The maximum absolute atomic E-state index is 11.8. The molecule has 0 amide bonds. The van der Waals surface area contributed by atoms with E-state index in [2.05, 4.69) is 10.3 Å². The molecule has 0 aliphatic rings. The second-order valence-electron chi connectivity index (χ2n) is 7.50. The molecule has 0 spiro atoms. The van der Waals surface area contributed by atoms with E-state index >= 15 is 0 Å². The van der Waals surface area contributed by atoms with Crippen molar-refractivity contribution in [3.63, 3.8) is 0 Å². The van der Waals surface area contributed by atoms with E-state index in [0.717, 1.165) is 11.1 Å². The molecule has 0 bridgehead atoms. The van der Waals surface area contributed by atoms with Crippen LogP contribution in [0, 0.1) is 0 Å². The molecule has 1 unspecified atom stereocenters. The molecular formula is C20H28N2O4S. The number of rotatable bonds is 7. The molecule has 1 atom stereocenters. The van der Waals surface area contributed by atoms with Gasteiger partial charge in [0.15, 0.2) is 9.84 Å². The predicted octanol–water partition coefficient (Wildman–Crippen LogP) is 3.52. The third kappa shape index (κ3) is 6.22. The number of ether oxygens (including phenoxy) is 2. The predicted molar refractivity (Wildman–Crippen MR) is 106 cm³/mol. The molecule has 6 nitrogen and oxygen atoms in total. The highest BCUT2D eigenvalue weighted by atomic mass is 32.2. The van der Waals surface area contributed by atoms with Gasteiger partial charge in [0.05, 0.1) is 7.11 Å². The average Bonchev–Trinajstić information content (AvgIpc) is 2.58. The summed E-state index contributed by atoms with van der Waals surface area (Å²) in [7, 11) is -1.86. The first-order chi connectivity index (χ1) is 12.5. The van der Waals surface area contributed by atoms with E-state index in [1.807, 2.05) is 39.8 Å². The molecule has 7 heteroatoms. The zero-order chi connectivity index (χ0) is 20.2. The summed E-state index contributed by atoms with van der Waals surface area (Å²) in [5.41, 5.74) is 1.70. The number of pyridine rings is 1. The Morgan fingerprint density at radius 2 is 1.89 bits per heavy atom. The van der Waals surface area contributed by atoms with Crippen LogP contribution in [0.15, 0.2) is 41.4 Å². The highest BCUT2D eigenvalue weighted by Gasteiger charge is 2.16. The number of methoxy groups -OCH3 is 1. The summed E-state index contributed by atoms with van der Waals surface area (Å²) >= 11 is 0. The summed E-state index contributed by atoms with van der Waals surface area (Å²) in [6.07, 6.45) is 2.96. The SMILES string of the molecule is COc1cc(C(C)NCc2ccc(OC(C)(C)C)nc2)ccc1S(C)(=O)=O. The lowest BCUT2D eigenvalue weighted by molar-refractivity contribution is 0.124. The maximum Gasteiger partial charge on any atom is 0.213 e. The van der Waals surface area contributed by atoms with Gasteiger partial charge in [-0.25, -0.2) is 13.4 Å². The van der Waals surface area contributed by atoms with Gasteiger partial charge in [0.2, 0.25) is 5.88 Å². The van der Waals surface area contributed by atoms with Crippen LogP contribution in [0.3, 0.4) is 0 Å². The lowest BCUT2D eigenvalue weighted by atomic mass is 10.1. The third-order valence-electron chi connectivity index (χ3n) is 3.91. The Morgan fingerprint density at radius 3 is 2.41 bits per heavy atom. The van der Waals surface area contributed by atoms with Crippen LogP contribution < -0.4 is 14.8 Å². The Bertz CT molecular complexity index is 872. The van der Waals surface area contributed by atoms with Crippen LogP contribution in [-0.2, 0) is 16.4 Å². The van der Waals surface area contributed by atoms with Crippen molar-refractivity contribution < 1.29 is 17.9 Å². The lowest BCUT2D eigenvalue weighted by Crippen LogP contribution is -2.23. The molecule has 0 saturated heterocycles. The Hall–Kier alpha value is -2.12. The van der Waals surface area contributed by atoms with Crippen LogP contribution in [0.1, 0.15) is 44.9 Å². The van der Waals surface area contributed by atoms with Gasteiger partial charge in [-0.05, 0) is 51.0 Å². The number of nitrogens with one attached hydrogen (secondary N) is 1. The molecule has 2 aromatic rings. The molecule has 0 radical (unpaired) electrons. The molecule has 1 aromatic carbocycles. The molecule has 0 aliphatic carbocycles. The van der Waals surface area contributed by atoms with E-state index in [-0.39, 0.29) is 16.5 Å². The van der Waals surface area contributed by atoms with E-state index in [1.54, 1.807) is 24.4 Å². The summed E-state index contributed by atoms with van der Waals surface area (Å²) in [6.45, 7) is 8.58. The second-order valence-corrected chi connectivity index (χ2v) is 9.49. The van der Waals surface area contributed by atoms with Gasteiger partial charge in [-0.1, -0.05) is 12.1 Å². The smallest absolute Gasteiger partial charge is 0.213 e. The quantitative estimate of drug-likeness (QED) is 0.777. The number of hydrogen-bond acceptors (Lipinski definition) is 6. The van der Waals surface area contributed by atoms with Crippen LogP contribution in [0.25, 0.3) is 0 Å². The van der Waals surface area contributed by atoms with E-state index in [9.17, 15) is 8.42 Å². The zero-order valence-corrected chi connectivity index (χ0v) is 17.6. The highest BCUT2D eigenvalue weighted by Crippen LogP contribution is 2.27. The van der Waals surface area contributed by atoms with Crippen LogP contribution in [0.5, 0.6) is 11.6 Å². The molecule has 1 N–H and O–H groups in total. The number of hydrogen-bond donors (Lipinski definition) is 1. The molecule has 0 aliphatic heterocycles. The lowest BCUT2D eigenvalue weighted by Gasteiger charge is -2.20. The topological polar surface area (TPSA) is 77.5 Å². The fourth-order valence-corrected chi connectivity index (χ4v) is 3.36. The van der Waals surface area contributed by atoms with E-state index in [1.165, 1.54) is 13.4 Å². The Labute approximate surface area is 161 Å². The molecule has 1 heterocycles. The van der Waals surface area contributed by atoms with Crippen LogP contribution in [0.2, 0.25) is 0 Å². The number of sulfone groups is 1. The van der Waals surface area contributed by atoms with Gasteiger partial charge in [0.25, 0.3) is 0 Å². The van der Waals surface area contributed by atoms with Crippen molar-refractivity contribution in [3.8, 4) is 11.6 Å². The molecule has 0 fully saturated rings. The largest absolute Gasteiger partial charge is 0.495 e. The first kappa shape index (κ1) is 21.2. The van der Waals surface area contributed by atoms with Crippen LogP contribution >= 0.6 is 0 Å². The van der Waals surface area contributed by atoms with Crippen molar-refractivity contribution in [2.75, 3.05) is 13.4 Å². The molecular weight excluding hydrogens is 364 g/mol. The number of aromatic nitrogens is 1. The minimum absolute atomic E-state index is 0.0120. The van der Waals surface area contributed by atoms with Crippen molar-refractivity contribution in [2.45, 2.75) is 50.8 Å². The Kier molecular flexibility index (Phi) is 6.49. The first-order valence-electron chi connectivity index (χ1n) is 8.75. The van der Waals surface area contributed by atoms with Gasteiger partial charge in [-0.3, -0.25) is 0 Å². The highest BCUT2D eigenvalue weighted by molar-refractivity contribution is 7.90. The van der Waals surface area contributed by atoms with Gasteiger partial charge in [0, 0.05) is 31.1 Å². The van der Waals surface area contributed by atoms with Crippen molar-refractivity contribution in [3.05, 3.63) is 47.7 Å². The second kappa shape index (κ2) is 8.27. The van der Waals surface area contributed by atoms with Crippen molar-refractivity contribution in [2.24, 2.45) is 0 Å². The van der Waals surface area contributed by atoms with Gasteiger partial charge in [-0.15, -0.1) is 0 Å².